The molecule has 0 fully saturated rings. The highest BCUT2D eigenvalue weighted by molar-refractivity contribution is 7.92. The lowest BCUT2D eigenvalue weighted by molar-refractivity contribution is 0.480. The number of fused-ring (bicyclic) bond motifs is 1. The zero-order valence-corrected chi connectivity index (χ0v) is 19.4. The van der Waals surface area contributed by atoms with Crippen molar-refractivity contribution in [3.8, 4) is 10.9 Å². The predicted octanol–water partition coefficient (Wildman–Crippen LogP) is 7.50. The third-order valence-electron chi connectivity index (χ3n) is 3.84. The van der Waals surface area contributed by atoms with E-state index in [1.54, 1.807) is 18.2 Å². The largest absolute Gasteiger partial charge is 0.431 e. The number of aromatic nitrogens is 1. The summed E-state index contributed by atoms with van der Waals surface area (Å²) in [6.45, 7) is 0. The Morgan fingerprint density at radius 1 is 0.867 bits per heavy atom. The summed E-state index contributed by atoms with van der Waals surface area (Å²) in [6.07, 6.45) is 0. The maximum absolute atomic E-state index is 12.7. The summed E-state index contributed by atoms with van der Waals surface area (Å²) >= 11 is 25.3. The van der Waals surface area contributed by atoms with Crippen LogP contribution in [0.4, 0.5) is 5.69 Å². The molecular formula is C19H10Cl4N2O3S2. The molecule has 0 atom stereocenters. The van der Waals surface area contributed by atoms with Gasteiger partial charge in [0.05, 0.1) is 20.9 Å². The molecule has 154 valence electrons. The molecule has 5 nitrogen and oxygen atoms in total. The van der Waals surface area contributed by atoms with Crippen LogP contribution in [-0.2, 0) is 10.0 Å². The van der Waals surface area contributed by atoms with Crippen molar-refractivity contribution in [2.75, 3.05) is 4.72 Å². The van der Waals surface area contributed by atoms with Crippen molar-refractivity contribution in [2.24, 2.45) is 0 Å². The van der Waals surface area contributed by atoms with Gasteiger partial charge in [-0.15, -0.1) is 0 Å². The molecule has 0 aliphatic carbocycles. The van der Waals surface area contributed by atoms with E-state index in [1.807, 2.05) is 6.07 Å². The van der Waals surface area contributed by atoms with Crippen LogP contribution in [0.15, 0.2) is 59.5 Å². The van der Waals surface area contributed by atoms with Crippen LogP contribution in [0.2, 0.25) is 20.1 Å². The van der Waals surface area contributed by atoms with Gasteiger partial charge in [0.1, 0.15) is 10.6 Å². The van der Waals surface area contributed by atoms with Gasteiger partial charge in [0.25, 0.3) is 15.2 Å². The highest BCUT2D eigenvalue weighted by Crippen LogP contribution is 2.35. The Morgan fingerprint density at radius 3 is 2.37 bits per heavy atom. The first kappa shape index (κ1) is 21.5. The molecular weight excluding hydrogens is 510 g/mol. The topological polar surface area (TPSA) is 68.3 Å². The first-order chi connectivity index (χ1) is 14.2. The number of nitrogens with zero attached hydrogens (tertiary/aromatic N) is 1. The average molecular weight is 520 g/mol. The van der Waals surface area contributed by atoms with E-state index >= 15 is 0 Å². The van der Waals surface area contributed by atoms with Crippen molar-refractivity contribution in [3.63, 3.8) is 0 Å². The molecule has 1 N–H and O–H groups in total. The number of halogens is 4. The highest BCUT2D eigenvalue weighted by atomic mass is 35.5. The molecule has 0 amide bonds. The minimum Gasteiger partial charge on any atom is -0.431 e. The molecule has 0 bridgehead atoms. The number of rotatable bonds is 5. The monoisotopic (exact) mass is 518 g/mol. The van der Waals surface area contributed by atoms with E-state index in [-0.39, 0.29) is 20.6 Å². The molecule has 0 aliphatic rings. The predicted molar refractivity (Wildman–Crippen MR) is 123 cm³/mol. The summed E-state index contributed by atoms with van der Waals surface area (Å²) in [4.78, 5) is 4.26. The van der Waals surface area contributed by atoms with E-state index in [0.29, 0.717) is 26.5 Å². The van der Waals surface area contributed by atoms with Crippen LogP contribution in [0.5, 0.6) is 10.9 Å². The molecule has 0 aliphatic heterocycles. The SMILES string of the molecule is O=S(=O)(Nc1cc(Cl)cc(Oc2nc3cc(Cl)ccc3s2)c1)c1ccc(Cl)cc1Cl. The van der Waals surface area contributed by atoms with Crippen molar-refractivity contribution in [1.29, 1.82) is 0 Å². The fourth-order valence-corrected chi connectivity index (χ4v) is 5.63. The van der Waals surface area contributed by atoms with Crippen LogP contribution in [0, 0.1) is 0 Å². The van der Waals surface area contributed by atoms with Crippen molar-refractivity contribution in [1.82, 2.24) is 4.98 Å². The van der Waals surface area contributed by atoms with Gasteiger partial charge in [0.2, 0.25) is 0 Å². The summed E-state index contributed by atoms with van der Waals surface area (Å²) in [7, 11) is -3.97. The van der Waals surface area contributed by atoms with Crippen molar-refractivity contribution in [3.05, 3.63) is 74.7 Å². The van der Waals surface area contributed by atoms with E-state index in [2.05, 4.69) is 9.71 Å². The second kappa shape index (κ2) is 8.42. The molecule has 3 aromatic carbocycles. The lowest BCUT2D eigenvalue weighted by atomic mass is 10.3. The van der Waals surface area contributed by atoms with Crippen molar-refractivity contribution >= 4 is 83.7 Å². The third-order valence-corrected chi connectivity index (χ3v) is 7.31. The molecule has 1 heterocycles. The summed E-state index contributed by atoms with van der Waals surface area (Å²) in [5.74, 6) is 0.313. The van der Waals surface area contributed by atoms with Gasteiger partial charge < -0.3 is 4.74 Å². The van der Waals surface area contributed by atoms with E-state index in [9.17, 15) is 8.42 Å². The van der Waals surface area contributed by atoms with Crippen molar-refractivity contribution < 1.29 is 13.2 Å². The number of sulfonamides is 1. The zero-order chi connectivity index (χ0) is 21.5. The molecule has 11 heteroatoms. The van der Waals surface area contributed by atoms with Crippen LogP contribution in [0.25, 0.3) is 10.2 Å². The Bertz CT molecular complexity index is 1370. The second-order valence-electron chi connectivity index (χ2n) is 6.05. The van der Waals surface area contributed by atoms with Gasteiger partial charge in [0.15, 0.2) is 0 Å². The number of thiazole rings is 1. The van der Waals surface area contributed by atoms with Gasteiger partial charge in [-0.05, 0) is 48.5 Å². The zero-order valence-electron chi connectivity index (χ0n) is 14.7. The van der Waals surface area contributed by atoms with E-state index in [1.165, 1.54) is 41.7 Å². The van der Waals surface area contributed by atoms with Crippen LogP contribution in [0.3, 0.4) is 0 Å². The molecule has 0 saturated heterocycles. The van der Waals surface area contributed by atoms with Gasteiger partial charge in [-0.2, -0.15) is 0 Å². The van der Waals surface area contributed by atoms with Crippen LogP contribution < -0.4 is 9.46 Å². The molecule has 1 aromatic heterocycles. The maximum Gasteiger partial charge on any atom is 0.279 e. The Hall–Kier alpha value is -1.74. The number of benzene rings is 3. The van der Waals surface area contributed by atoms with Crippen LogP contribution in [-0.4, -0.2) is 13.4 Å². The molecule has 0 unspecified atom stereocenters. The molecule has 30 heavy (non-hydrogen) atoms. The normalized spacial score (nSPS) is 11.6. The van der Waals surface area contributed by atoms with Crippen molar-refractivity contribution in [2.45, 2.75) is 4.90 Å². The Morgan fingerprint density at radius 2 is 1.60 bits per heavy atom. The number of hydrogen-bond acceptors (Lipinski definition) is 5. The Labute approximate surface area is 196 Å². The second-order valence-corrected chi connectivity index (χ2v) is 10.4. The number of nitrogens with one attached hydrogen (secondary N) is 1. The maximum atomic E-state index is 12.7. The third kappa shape index (κ3) is 4.77. The fourth-order valence-electron chi connectivity index (χ4n) is 2.61. The standard InChI is InChI=1S/C19H10Cl4N2O3S2/c20-10-2-4-18(15(23)7-10)30(26,27)25-13-5-12(22)6-14(9-13)28-19-24-16-8-11(21)1-3-17(16)29-19/h1-9,25H. The van der Waals surface area contributed by atoms with Gasteiger partial charge in [0, 0.05) is 21.1 Å². The lowest BCUT2D eigenvalue weighted by Gasteiger charge is -2.11. The van der Waals surface area contributed by atoms with Gasteiger partial charge in [-0.25, -0.2) is 13.4 Å². The summed E-state index contributed by atoms with van der Waals surface area (Å²) in [5, 5.41) is 1.54. The summed E-state index contributed by atoms with van der Waals surface area (Å²) in [5.41, 5.74) is 0.899. The molecule has 0 saturated carbocycles. The van der Waals surface area contributed by atoms with E-state index in [0.717, 1.165) is 4.70 Å². The summed E-state index contributed by atoms with van der Waals surface area (Å²) in [6, 6.07) is 13.9. The first-order valence-electron chi connectivity index (χ1n) is 8.22. The quantitative estimate of drug-likeness (QED) is 0.296. The van der Waals surface area contributed by atoms with Gasteiger partial charge in [-0.1, -0.05) is 57.7 Å². The number of hydrogen-bond donors (Lipinski definition) is 1. The molecule has 4 aromatic rings. The Balaban J connectivity index is 1.62. The van der Waals surface area contributed by atoms with E-state index < -0.39 is 10.0 Å². The molecule has 0 radical (unpaired) electrons. The Kier molecular flexibility index (Phi) is 6.03. The minimum absolute atomic E-state index is 0.00152. The smallest absolute Gasteiger partial charge is 0.279 e. The van der Waals surface area contributed by atoms with E-state index in [4.69, 9.17) is 51.1 Å². The van der Waals surface area contributed by atoms with Crippen LogP contribution >= 0.6 is 57.7 Å². The molecule has 4 rings (SSSR count). The first-order valence-corrected chi connectivity index (χ1v) is 12.0. The van der Waals surface area contributed by atoms with Crippen LogP contribution in [0.1, 0.15) is 0 Å². The summed E-state index contributed by atoms with van der Waals surface area (Å²) < 4.78 is 34.6. The molecule has 0 spiro atoms. The highest BCUT2D eigenvalue weighted by Gasteiger charge is 2.19. The lowest BCUT2D eigenvalue weighted by Crippen LogP contribution is -2.13. The van der Waals surface area contributed by atoms with Gasteiger partial charge in [-0.3, -0.25) is 4.72 Å². The number of ether oxygens (including phenoxy) is 1. The minimum atomic E-state index is -3.97. The van der Waals surface area contributed by atoms with Gasteiger partial charge >= 0.3 is 0 Å². The number of anilines is 1. The fraction of sp³-hybridized carbons (Fsp3) is 0. The average Bonchev–Trinajstić information content (AvgIpc) is 3.01.